The normalized spacial score (nSPS) is 27.2. The largest absolute Gasteiger partial charge is 0.497 e. The van der Waals surface area contributed by atoms with Crippen LogP contribution in [0, 0.1) is 5.41 Å². The summed E-state index contributed by atoms with van der Waals surface area (Å²) in [6.45, 7) is 3.89. The first-order valence-electron chi connectivity index (χ1n) is 16.3. The van der Waals surface area contributed by atoms with Crippen molar-refractivity contribution in [3.8, 4) is 17.0 Å². The van der Waals surface area contributed by atoms with Crippen LogP contribution in [0.3, 0.4) is 0 Å². The Kier molecular flexibility index (Phi) is 6.82. The highest BCUT2D eigenvalue weighted by molar-refractivity contribution is 7.87. The number of amides is 2. The van der Waals surface area contributed by atoms with Crippen LogP contribution in [-0.4, -0.2) is 92.3 Å². The van der Waals surface area contributed by atoms with Crippen LogP contribution >= 0.6 is 0 Å². The molecule has 10 nitrogen and oxygen atoms in total. The molecule has 11 heteroatoms. The van der Waals surface area contributed by atoms with E-state index in [-0.39, 0.29) is 18.4 Å². The fraction of sp³-hybridized carbons (Fsp3) is 0.529. The molecule has 1 aromatic heterocycles. The van der Waals surface area contributed by atoms with E-state index >= 15 is 0 Å². The number of hydrogen-bond acceptors (Lipinski definition) is 6. The number of carbonyl (C=O) groups excluding carboxylic acids is 2. The Morgan fingerprint density at radius 2 is 1.69 bits per heavy atom. The number of fused-ring (bicyclic) bond motifs is 10. The zero-order valence-electron chi connectivity index (χ0n) is 26.0. The number of rotatable bonds is 2. The molecule has 2 atom stereocenters. The highest BCUT2D eigenvalue weighted by Crippen LogP contribution is 2.66. The van der Waals surface area contributed by atoms with Gasteiger partial charge < -0.3 is 14.2 Å². The minimum atomic E-state index is -4.03. The summed E-state index contributed by atoms with van der Waals surface area (Å²) in [4.78, 5) is 32.4. The van der Waals surface area contributed by atoms with Crippen LogP contribution in [0.1, 0.15) is 71.8 Å². The Hall–Kier alpha value is -3.41. The van der Waals surface area contributed by atoms with Crippen LogP contribution < -0.4 is 9.46 Å². The van der Waals surface area contributed by atoms with E-state index in [9.17, 15) is 18.0 Å². The molecule has 3 aromatic rings. The lowest BCUT2D eigenvalue weighted by Gasteiger charge is -2.37. The Morgan fingerprint density at radius 1 is 0.933 bits per heavy atom. The van der Waals surface area contributed by atoms with Gasteiger partial charge in [-0.2, -0.15) is 12.7 Å². The highest BCUT2D eigenvalue weighted by Gasteiger charge is 2.64. The summed E-state index contributed by atoms with van der Waals surface area (Å²) in [5, 5.41) is 1.09. The second-order valence-electron chi connectivity index (χ2n) is 13.7. The van der Waals surface area contributed by atoms with Gasteiger partial charge in [0, 0.05) is 80.8 Å². The van der Waals surface area contributed by atoms with Gasteiger partial charge in [0.25, 0.3) is 5.91 Å². The van der Waals surface area contributed by atoms with Gasteiger partial charge in [0.15, 0.2) is 0 Å². The predicted molar refractivity (Wildman–Crippen MR) is 172 cm³/mol. The average molecular weight is 632 g/mol. The number of benzene rings is 2. The first-order valence-corrected chi connectivity index (χ1v) is 17.8. The molecule has 1 unspecified atom stereocenters. The van der Waals surface area contributed by atoms with Crippen molar-refractivity contribution in [2.75, 3.05) is 53.4 Å². The van der Waals surface area contributed by atoms with Crippen molar-refractivity contribution in [2.24, 2.45) is 5.41 Å². The molecule has 45 heavy (non-hydrogen) atoms. The maximum atomic E-state index is 14.6. The molecule has 5 heterocycles. The molecule has 6 bridgehead atoms. The van der Waals surface area contributed by atoms with Crippen LogP contribution in [0.25, 0.3) is 22.2 Å². The average Bonchev–Trinajstić information content (AvgIpc) is 3.72. The molecule has 0 radical (unpaired) electrons. The Balaban J connectivity index is 1.37. The fourth-order valence-electron chi connectivity index (χ4n) is 8.57. The van der Waals surface area contributed by atoms with Gasteiger partial charge >= 0.3 is 10.2 Å². The number of piperazine rings is 1. The van der Waals surface area contributed by atoms with Crippen molar-refractivity contribution in [1.29, 1.82) is 0 Å². The van der Waals surface area contributed by atoms with Gasteiger partial charge in [0.2, 0.25) is 5.91 Å². The second kappa shape index (κ2) is 10.6. The van der Waals surface area contributed by atoms with Gasteiger partial charge in [-0.3, -0.25) is 14.5 Å². The lowest BCUT2D eigenvalue weighted by molar-refractivity contribution is -0.139. The lowest BCUT2D eigenvalue weighted by atomic mass is 9.81. The van der Waals surface area contributed by atoms with Gasteiger partial charge in [-0.1, -0.05) is 25.3 Å². The van der Waals surface area contributed by atoms with E-state index in [0.717, 1.165) is 47.2 Å². The van der Waals surface area contributed by atoms with Gasteiger partial charge in [-0.15, -0.1) is 0 Å². The van der Waals surface area contributed by atoms with Crippen LogP contribution in [0.5, 0.6) is 5.75 Å². The molecule has 3 fully saturated rings. The van der Waals surface area contributed by atoms with Crippen molar-refractivity contribution in [1.82, 2.24) is 23.4 Å². The molecule has 1 spiro atoms. The Labute approximate surface area is 264 Å². The zero-order chi connectivity index (χ0) is 31.1. The third-order valence-electron chi connectivity index (χ3n) is 11.2. The van der Waals surface area contributed by atoms with Gasteiger partial charge in [0.1, 0.15) is 5.75 Å². The number of aromatic nitrogens is 1. The van der Waals surface area contributed by atoms with Crippen molar-refractivity contribution >= 4 is 32.9 Å². The molecule has 6 aliphatic rings. The molecule has 2 amide bonds. The van der Waals surface area contributed by atoms with E-state index in [1.165, 1.54) is 41.7 Å². The van der Waals surface area contributed by atoms with E-state index < -0.39 is 21.5 Å². The quantitative estimate of drug-likeness (QED) is 0.460. The van der Waals surface area contributed by atoms with Crippen LogP contribution in [0.4, 0.5) is 0 Å². The summed E-state index contributed by atoms with van der Waals surface area (Å²) in [5.74, 6) is 0.790. The van der Waals surface area contributed by atoms with E-state index in [4.69, 9.17) is 4.74 Å². The van der Waals surface area contributed by atoms with Crippen molar-refractivity contribution in [3.05, 3.63) is 53.1 Å². The maximum absolute atomic E-state index is 14.6. The number of nitrogens with one attached hydrogen (secondary N) is 1. The van der Waals surface area contributed by atoms with E-state index in [1.54, 1.807) is 13.2 Å². The third kappa shape index (κ3) is 4.60. The minimum absolute atomic E-state index is 0.0784. The Morgan fingerprint density at radius 3 is 2.44 bits per heavy atom. The molecular formula is C34H41N5O5S. The summed E-state index contributed by atoms with van der Waals surface area (Å²) >= 11 is 0. The number of nitrogens with zero attached hydrogens (tertiary/aromatic N) is 4. The van der Waals surface area contributed by atoms with Crippen molar-refractivity contribution in [2.45, 2.75) is 56.9 Å². The summed E-state index contributed by atoms with van der Waals surface area (Å²) in [7, 11) is -0.850. The first kappa shape index (κ1) is 29.0. The van der Waals surface area contributed by atoms with Gasteiger partial charge in [0.05, 0.1) is 18.2 Å². The number of methoxy groups -OCH3 is 1. The predicted octanol–water partition coefficient (Wildman–Crippen LogP) is 3.92. The van der Waals surface area contributed by atoms with Crippen LogP contribution in [0.15, 0.2) is 36.4 Å². The van der Waals surface area contributed by atoms with E-state index in [2.05, 4.69) is 26.3 Å². The van der Waals surface area contributed by atoms with Crippen molar-refractivity contribution < 1.29 is 22.7 Å². The summed E-state index contributed by atoms with van der Waals surface area (Å²) in [6.07, 6.45) is 6.56. The number of likely N-dealkylation sites (N-methyl/N-ethyl adjacent to an activating group) is 1. The zero-order valence-corrected chi connectivity index (χ0v) is 26.9. The Bertz CT molecular complexity index is 1820. The topological polar surface area (TPSA) is 104 Å². The monoisotopic (exact) mass is 631 g/mol. The summed E-state index contributed by atoms with van der Waals surface area (Å²) in [5.41, 5.74) is 5.34. The first-order chi connectivity index (χ1) is 21.7. The molecule has 2 saturated carbocycles. The summed E-state index contributed by atoms with van der Waals surface area (Å²) in [6, 6.07) is 11.9. The lowest BCUT2D eigenvalue weighted by Crippen LogP contribution is -2.53. The molecule has 2 aliphatic carbocycles. The smallest absolute Gasteiger partial charge is 0.303 e. The standard InChI is InChI=1S/C34H41N5O5S/c1-36-12-13-37-14-16-38(17-15-37)33(41)34-20-28(34)27-19-24(44-2)9-11-25(27)31-30(22-6-4-3-5-7-22)26-10-8-23(18-29(26)39(31)21-34)32(40)35-45(36,42)43/h8-11,18-19,22,28H,3-7,12-17,20-21H2,1-2H3,(H,35,40)/t28?,34-/m0/s1. The van der Waals surface area contributed by atoms with E-state index in [0.29, 0.717) is 50.7 Å². The second-order valence-corrected chi connectivity index (χ2v) is 15.5. The number of hydrogen-bond donors (Lipinski definition) is 1. The SMILES string of the molecule is COc1ccc2c(c1)C1C[C@]13Cn1c-2c(C2CCCCC2)c2ccc(cc21)C(=O)NS(=O)(=O)N(C)CCN1CCN(CC1)C3=O. The fourth-order valence-corrected chi connectivity index (χ4v) is 9.40. The highest BCUT2D eigenvalue weighted by atomic mass is 32.2. The molecule has 4 aliphatic heterocycles. The molecule has 1 N–H and O–H groups in total. The molecule has 238 valence electrons. The van der Waals surface area contributed by atoms with Crippen molar-refractivity contribution in [3.63, 3.8) is 0 Å². The molecular weight excluding hydrogens is 590 g/mol. The van der Waals surface area contributed by atoms with Gasteiger partial charge in [-0.05, 0) is 66.6 Å². The van der Waals surface area contributed by atoms with Crippen LogP contribution in [-0.2, 0) is 21.5 Å². The summed E-state index contributed by atoms with van der Waals surface area (Å²) < 4.78 is 37.9. The third-order valence-corrected chi connectivity index (χ3v) is 12.7. The number of carbonyl (C=O) groups is 2. The molecule has 1 saturated heterocycles. The minimum Gasteiger partial charge on any atom is -0.497 e. The van der Waals surface area contributed by atoms with E-state index in [1.807, 2.05) is 23.1 Å². The molecule has 9 rings (SSSR count). The van der Waals surface area contributed by atoms with Gasteiger partial charge in [-0.25, -0.2) is 4.72 Å². The number of ether oxygens (including phenoxy) is 1. The maximum Gasteiger partial charge on any atom is 0.303 e. The van der Waals surface area contributed by atoms with Crippen LogP contribution in [0.2, 0.25) is 0 Å². The molecule has 2 aromatic carbocycles.